The summed E-state index contributed by atoms with van der Waals surface area (Å²) < 4.78 is 10.3. The lowest BCUT2D eigenvalue weighted by atomic mass is 10.2. The van der Waals surface area contributed by atoms with Gasteiger partial charge in [0.05, 0.1) is 12.7 Å². The summed E-state index contributed by atoms with van der Waals surface area (Å²) in [4.78, 5) is 14.9. The van der Waals surface area contributed by atoms with E-state index in [4.69, 9.17) is 14.3 Å². The summed E-state index contributed by atoms with van der Waals surface area (Å²) in [6.07, 6.45) is -0.861. The van der Waals surface area contributed by atoms with E-state index in [9.17, 15) is 9.90 Å². The van der Waals surface area contributed by atoms with E-state index in [2.05, 4.69) is 4.98 Å². The predicted octanol–water partition coefficient (Wildman–Crippen LogP) is 1.59. The molecule has 0 fully saturated rings. The molecule has 90 valence electrons. The zero-order valence-corrected chi connectivity index (χ0v) is 9.30. The Hall–Kier alpha value is -2.08. The van der Waals surface area contributed by atoms with Crippen LogP contribution in [0.25, 0.3) is 11.1 Å². The van der Waals surface area contributed by atoms with Gasteiger partial charge < -0.3 is 19.4 Å². The number of methoxy groups -OCH3 is 1. The zero-order valence-electron chi connectivity index (χ0n) is 9.30. The van der Waals surface area contributed by atoms with Crippen LogP contribution in [-0.4, -0.2) is 28.3 Å². The van der Waals surface area contributed by atoms with Gasteiger partial charge in [-0.15, -0.1) is 0 Å². The fraction of sp³-hybridized carbons (Fsp3) is 0.273. The van der Waals surface area contributed by atoms with E-state index in [0.29, 0.717) is 11.1 Å². The number of aliphatic hydroxyl groups excluding tert-OH is 1. The number of benzene rings is 1. The fourth-order valence-electron chi connectivity index (χ4n) is 1.47. The number of carbonyl (C=O) groups is 1. The Labute approximate surface area is 96.5 Å². The molecule has 17 heavy (non-hydrogen) atoms. The fourth-order valence-corrected chi connectivity index (χ4v) is 1.47. The number of carboxylic acid groups (broad SMARTS) is 1. The van der Waals surface area contributed by atoms with E-state index in [1.165, 1.54) is 26.2 Å². The van der Waals surface area contributed by atoms with Gasteiger partial charge in [-0.2, -0.15) is 0 Å². The third-order valence-corrected chi connectivity index (χ3v) is 2.30. The quantitative estimate of drug-likeness (QED) is 0.841. The summed E-state index contributed by atoms with van der Waals surface area (Å²) in [6, 6.07) is 2.72. The molecule has 0 aliphatic carbocycles. The first-order chi connectivity index (χ1) is 8.02. The molecule has 6 heteroatoms. The van der Waals surface area contributed by atoms with Gasteiger partial charge in [0.1, 0.15) is 11.6 Å². The first-order valence-electron chi connectivity index (χ1n) is 4.92. The number of rotatable bonds is 3. The molecule has 1 aromatic heterocycles. The molecule has 0 radical (unpaired) electrons. The second kappa shape index (κ2) is 4.06. The van der Waals surface area contributed by atoms with E-state index >= 15 is 0 Å². The van der Waals surface area contributed by atoms with Crippen molar-refractivity contribution in [1.82, 2.24) is 4.98 Å². The number of carboxylic acids is 1. The predicted molar refractivity (Wildman–Crippen MR) is 58.2 cm³/mol. The van der Waals surface area contributed by atoms with Gasteiger partial charge in [0, 0.05) is 0 Å². The van der Waals surface area contributed by atoms with E-state index in [1.54, 1.807) is 0 Å². The van der Waals surface area contributed by atoms with Gasteiger partial charge in [-0.25, -0.2) is 9.78 Å². The van der Waals surface area contributed by atoms with Crippen molar-refractivity contribution in [2.24, 2.45) is 0 Å². The maximum absolute atomic E-state index is 10.9. The number of oxazole rings is 1. The van der Waals surface area contributed by atoms with Crippen molar-refractivity contribution in [1.29, 1.82) is 0 Å². The number of hydrogen-bond donors (Lipinski definition) is 2. The monoisotopic (exact) mass is 237 g/mol. The summed E-state index contributed by atoms with van der Waals surface area (Å²) in [5, 5.41) is 18.3. The van der Waals surface area contributed by atoms with Gasteiger partial charge >= 0.3 is 5.97 Å². The highest BCUT2D eigenvalue weighted by Crippen LogP contribution is 2.30. The minimum atomic E-state index is -1.08. The largest absolute Gasteiger partial charge is 0.493 e. The van der Waals surface area contributed by atoms with Crippen molar-refractivity contribution in [3.05, 3.63) is 23.6 Å². The number of ether oxygens (including phenoxy) is 1. The smallest absolute Gasteiger partial charge is 0.335 e. The first-order valence-corrected chi connectivity index (χ1v) is 4.92. The van der Waals surface area contributed by atoms with Crippen LogP contribution in [-0.2, 0) is 0 Å². The van der Waals surface area contributed by atoms with Gasteiger partial charge in [-0.1, -0.05) is 0 Å². The molecular formula is C11H11NO5. The summed E-state index contributed by atoms with van der Waals surface area (Å²) in [6.45, 7) is 1.51. The molecule has 0 spiro atoms. The second-order valence-corrected chi connectivity index (χ2v) is 3.56. The molecule has 0 saturated carbocycles. The molecule has 0 unspecified atom stereocenters. The highest BCUT2D eigenvalue weighted by Gasteiger charge is 2.17. The molecule has 2 rings (SSSR count). The standard InChI is InChI=1S/C11H11NO5/c1-5(13)10-12-7-3-6(11(14)15)4-8(16-2)9(7)17-10/h3-5,13H,1-2H3,(H,14,15)/t5-/m0/s1. The highest BCUT2D eigenvalue weighted by molar-refractivity contribution is 5.94. The van der Waals surface area contributed by atoms with Crippen molar-refractivity contribution in [2.75, 3.05) is 7.11 Å². The van der Waals surface area contributed by atoms with Crippen LogP contribution in [0.2, 0.25) is 0 Å². The lowest BCUT2D eigenvalue weighted by molar-refractivity contribution is 0.0696. The Bertz CT molecular complexity index is 572. The molecule has 0 aliphatic rings. The Morgan fingerprint density at radius 1 is 1.53 bits per heavy atom. The summed E-state index contributed by atoms with van der Waals surface area (Å²) in [5.41, 5.74) is 0.728. The van der Waals surface area contributed by atoms with Crippen LogP contribution >= 0.6 is 0 Å². The maximum Gasteiger partial charge on any atom is 0.335 e. The second-order valence-electron chi connectivity index (χ2n) is 3.56. The Morgan fingerprint density at radius 2 is 2.24 bits per heavy atom. The minimum Gasteiger partial charge on any atom is -0.493 e. The summed E-state index contributed by atoms with van der Waals surface area (Å²) in [7, 11) is 1.41. The van der Waals surface area contributed by atoms with Crippen LogP contribution in [0.3, 0.4) is 0 Å². The molecule has 1 aromatic carbocycles. The Balaban J connectivity index is 2.69. The van der Waals surface area contributed by atoms with Crippen molar-refractivity contribution < 1.29 is 24.2 Å². The van der Waals surface area contributed by atoms with E-state index in [1.807, 2.05) is 0 Å². The molecule has 6 nitrogen and oxygen atoms in total. The van der Waals surface area contributed by atoms with Gasteiger partial charge in [0.25, 0.3) is 0 Å². The lowest BCUT2D eigenvalue weighted by Crippen LogP contribution is -1.97. The number of aromatic carboxylic acids is 1. The molecule has 0 aliphatic heterocycles. The van der Waals surface area contributed by atoms with Crippen LogP contribution < -0.4 is 4.74 Å². The SMILES string of the molecule is COc1cc(C(=O)O)cc2nc([C@H](C)O)oc12. The average Bonchev–Trinajstić information content (AvgIpc) is 2.71. The highest BCUT2D eigenvalue weighted by atomic mass is 16.5. The van der Waals surface area contributed by atoms with Crippen molar-refractivity contribution in [3.8, 4) is 5.75 Å². The van der Waals surface area contributed by atoms with E-state index in [-0.39, 0.29) is 17.2 Å². The molecule has 2 N–H and O–H groups in total. The zero-order chi connectivity index (χ0) is 12.6. The first kappa shape index (κ1) is 11.4. The van der Waals surface area contributed by atoms with Crippen LogP contribution in [0.15, 0.2) is 16.5 Å². The molecule has 0 amide bonds. The van der Waals surface area contributed by atoms with E-state index in [0.717, 1.165) is 0 Å². The van der Waals surface area contributed by atoms with Crippen molar-refractivity contribution >= 4 is 17.1 Å². The van der Waals surface area contributed by atoms with Crippen LogP contribution in [0.4, 0.5) is 0 Å². The topological polar surface area (TPSA) is 92.8 Å². The van der Waals surface area contributed by atoms with Crippen LogP contribution in [0, 0.1) is 0 Å². The van der Waals surface area contributed by atoms with Gasteiger partial charge in [-0.05, 0) is 19.1 Å². The van der Waals surface area contributed by atoms with Gasteiger partial charge in [0.15, 0.2) is 11.3 Å². The number of aliphatic hydroxyl groups is 1. The molecule has 0 bridgehead atoms. The Kier molecular flexibility index (Phi) is 2.72. The third kappa shape index (κ3) is 1.94. The number of nitrogens with zero attached hydrogens (tertiary/aromatic N) is 1. The van der Waals surface area contributed by atoms with Gasteiger partial charge in [-0.3, -0.25) is 0 Å². The van der Waals surface area contributed by atoms with Crippen LogP contribution in [0.5, 0.6) is 5.75 Å². The molecule has 1 heterocycles. The van der Waals surface area contributed by atoms with Crippen molar-refractivity contribution in [2.45, 2.75) is 13.0 Å². The molecular weight excluding hydrogens is 226 g/mol. The Morgan fingerprint density at radius 3 is 2.76 bits per heavy atom. The number of fused-ring (bicyclic) bond motifs is 1. The van der Waals surface area contributed by atoms with Crippen molar-refractivity contribution in [3.63, 3.8) is 0 Å². The van der Waals surface area contributed by atoms with E-state index < -0.39 is 12.1 Å². The summed E-state index contributed by atoms with van der Waals surface area (Å²) in [5.74, 6) is -0.674. The van der Waals surface area contributed by atoms with Gasteiger partial charge in [0.2, 0.25) is 5.89 Å². The lowest BCUT2D eigenvalue weighted by Gasteiger charge is -2.01. The van der Waals surface area contributed by atoms with Crippen LogP contribution in [0.1, 0.15) is 29.3 Å². The maximum atomic E-state index is 10.9. The molecule has 1 atom stereocenters. The number of aromatic nitrogens is 1. The third-order valence-electron chi connectivity index (χ3n) is 2.30. The summed E-state index contributed by atoms with van der Waals surface area (Å²) >= 11 is 0. The normalized spacial score (nSPS) is 12.6. The number of hydrogen-bond acceptors (Lipinski definition) is 5. The average molecular weight is 237 g/mol. The molecule has 0 saturated heterocycles. The minimum absolute atomic E-state index is 0.0554. The molecule has 2 aromatic rings.